The first kappa shape index (κ1) is 16.1. The minimum Gasteiger partial charge on any atom is -0.504 e. The van der Waals surface area contributed by atoms with Crippen molar-refractivity contribution in [2.24, 2.45) is 0 Å². The zero-order valence-electron chi connectivity index (χ0n) is 13.4. The second kappa shape index (κ2) is 7.66. The molecule has 2 atom stereocenters. The summed E-state index contributed by atoms with van der Waals surface area (Å²) in [6.07, 6.45) is 3.70. The predicted molar refractivity (Wildman–Crippen MR) is 86.0 cm³/mol. The van der Waals surface area contributed by atoms with Crippen molar-refractivity contribution in [3.8, 4) is 11.5 Å². The molecule has 4 heteroatoms. The molecule has 0 spiro atoms. The van der Waals surface area contributed by atoms with Crippen LogP contribution in [-0.2, 0) is 0 Å². The number of phenolic OH excluding ortho intramolecular Hbond substituents is 1. The van der Waals surface area contributed by atoms with E-state index in [1.807, 2.05) is 12.1 Å². The lowest BCUT2D eigenvalue weighted by Crippen LogP contribution is -2.39. The molecule has 2 N–H and O–H groups in total. The van der Waals surface area contributed by atoms with E-state index in [1.54, 1.807) is 13.2 Å². The third kappa shape index (κ3) is 4.11. The van der Waals surface area contributed by atoms with Crippen molar-refractivity contribution in [1.29, 1.82) is 0 Å². The molecule has 0 radical (unpaired) electrons. The highest BCUT2D eigenvalue weighted by Gasteiger charge is 2.22. The normalized spacial score (nSPS) is 19.9. The third-order valence-electron chi connectivity index (χ3n) is 4.36. The average Bonchev–Trinajstić information content (AvgIpc) is 2.99. The first-order valence-electron chi connectivity index (χ1n) is 8.00. The van der Waals surface area contributed by atoms with Crippen LogP contribution in [0, 0.1) is 0 Å². The fraction of sp³-hybridized carbons (Fsp3) is 0.647. The van der Waals surface area contributed by atoms with Gasteiger partial charge in [-0.05, 0) is 57.0 Å². The van der Waals surface area contributed by atoms with Gasteiger partial charge in [0, 0.05) is 18.6 Å². The quantitative estimate of drug-likeness (QED) is 0.811. The second-order valence-corrected chi connectivity index (χ2v) is 5.90. The molecule has 0 amide bonds. The van der Waals surface area contributed by atoms with Crippen LogP contribution in [0.25, 0.3) is 0 Å². The number of hydrogen-bond acceptors (Lipinski definition) is 4. The van der Waals surface area contributed by atoms with Gasteiger partial charge >= 0.3 is 0 Å². The van der Waals surface area contributed by atoms with Crippen molar-refractivity contribution < 1.29 is 9.84 Å². The summed E-state index contributed by atoms with van der Waals surface area (Å²) in [4.78, 5) is 2.52. The van der Waals surface area contributed by atoms with E-state index in [9.17, 15) is 5.11 Å². The van der Waals surface area contributed by atoms with E-state index in [2.05, 4.69) is 24.1 Å². The van der Waals surface area contributed by atoms with Gasteiger partial charge in [0.1, 0.15) is 0 Å². The predicted octanol–water partition coefficient (Wildman–Crippen LogP) is 2.93. The Kier molecular flexibility index (Phi) is 5.88. The van der Waals surface area contributed by atoms with Crippen LogP contribution in [0.1, 0.15) is 44.7 Å². The number of methoxy groups -OCH3 is 1. The highest BCUT2D eigenvalue weighted by molar-refractivity contribution is 5.42. The van der Waals surface area contributed by atoms with E-state index in [1.165, 1.54) is 18.4 Å². The molecule has 1 heterocycles. The number of benzene rings is 1. The summed E-state index contributed by atoms with van der Waals surface area (Å²) in [5.41, 5.74) is 1.19. The van der Waals surface area contributed by atoms with Crippen molar-refractivity contribution in [3.63, 3.8) is 0 Å². The molecule has 0 saturated carbocycles. The fourth-order valence-electron chi connectivity index (χ4n) is 3.09. The Morgan fingerprint density at radius 3 is 2.90 bits per heavy atom. The number of phenols is 1. The molecule has 2 rings (SSSR count). The zero-order chi connectivity index (χ0) is 15.2. The number of nitrogens with one attached hydrogen (secondary N) is 1. The molecule has 0 aromatic heterocycles. The van der Waals surface area contributed by atoms with Gasteiger partial charge in [-0.2, -0.15) is 0 Å². The van der Waals surface area contributed by atoms with Crippen LogP contribution in [0.3, 0.4) is 0 Å². The Labute approximate surface area is 128 Å². The van der Waals surface area contributed by atoms with Crippen LogP contribution in [0.2, 0.25) is 0 Å². The highest BCUT2D eigenvalue weighted by Crippen LogP contribution is 2.31. The summed E-state index contributed by atoms with van der Waals surface area (Å²) in [6, 6.07) is 6.60. The minimum absolute atomic E-state index is 0.202. The Morgan fingerprint density at radius 2 is 2.29 bits per heavy atom. The molecular weight excluding hydrogens is 264 g/mol. The smallest absolute Gasteiger partial charge is 0.160 e. The summed E-state index contributed by atoms with van der Waals surface area (Å²) >= 11 is 0. The van der Waals surface area contributed by atoms with Crippen LogP contribution >= 0.6 is 0 Å². The van der Waals surface area contributed by atoms with Gasteiger partial charge in [0.2, 0.25) is 0 Å². The number of rotatable bonds is 7. The Hall–Kier alpha value is -1.26. The van der Waals surface area contributed by atoms with Crippen LogP contribution in [-0.4, -0.2) is 42.8 Å². The lowest BCUT2D eigenvalue weighted by molar-refractivity contribution is 0.192. The minimum atomic E-state index is 0.202. The summed E-state index contributed by atoms with van der Waals surface area (Å²) < 4.78 is 5.23. The van der Waals surface area contributed by atoms with Gasteiger partial charge in [0.25, 0.3) is 0 Å². The molecule has 1 aromatic rings. The van der Waals surface area contributed by atoms with E-state index < -0.39 is 0 Å². The van der Waals surface area contributed by atoms with Crippen molar-refractivity contribution in [2.75, 3.05) is 26.7 Å². The standard InChI is InChI=1S/C17H28N2O2/c1-4-10-19(12-15-6-5-9-18-15)13(2)14-7-8-16(20)17(11-14)21-3/h7-8,11,13,15,18,20H,4-6,9-10,12H2,1-3H3. The molecule has 1 aliphatic heterocycles. The number of aromatic hydroxyl groups is 1. The third-order valence-corrected chi connectivity index (χ3v) is 4.36. The molecule has 1 aromatic carbocycles. The van der Waals surface area contributed by atoms with E-state index >= 15 is 0 Å². The van der Waals surface area contributed by atoms with Gasteiger partial charge in [0.05, 0.1) is 7.11 Å². The highest BCUT2D eigenvalue weighted by atomic mass is 16.5. The molecule has 21 heavy (non-hydrogen) atoms. The van der Waals surface area contributed by atoms with E-state index in [-0.39, 0.29) is 5.75 Å². The van der Waals surface area contributed by atoms with Crippen LogP contribution in [0.5, 0.6) is 11.5 Å². The molecule has 2 unspecified atom stereocenters. The molecule has 0 aliphatic carbocycles. The molecule has 4 nitrogen and oxygen atoms in total. The summed E-state index contributed by atoms with van der Waals surface area (Å²) in [7, 11) is 1.59. The average molecular weight is 292 g/mol. The molecule has 0 bridgehead atoms. The number of hydrogen-bond donors (Lipinski definition) is 2. The molecule has 1 aliphatic rings. The van der Waals surface area contributed by atoms with Crippen molar-refractivity contribution >= 4 is 0 Å². The molecule has 118 valence electrons. The molecule has 1 saturated heterocycles. The van der Waals surface area contributed by atoms with Gasteiger partial charge in [-0.15, -0.1) is 0 Å². The topological polar surface area (TPSA) is 44.7 Å². The summed E-state index contributed by atoms with van der Waals surface area (Å²) in [5, 5.41) is 13.3. The lowest BCUT2D eigenvalue weighted by atomic mass is 10.0. The van der Waals surface area contributed by atoms with Gasteiger partial charge in [-0.25, -0.2) is 0 Å². The van der Waals surface area contributed by atoms with E-state index in [4.69, 9.17) is 4.74 Å². The Bertz CT molecular complexity index is 444. The maximum atomic E-state index is 9.74. The van der Waals surface area contributed by atoms with E-state index in [0.717, 1.165) is 26.1 Å². The van der Waals surface area contributed by atoms with Gasteiger partial charge in [-0.1, -0.05) is 13.0 Å². The van der Waals surface area contributed by atoms with Crippen molar-refractivity contribution in [2.45, 2.75) is 45.2 Å². The zero-order valence-corrected chi connectivity index (χ0v) is 13.4. The van der Waals surface area contributed by atoms with Crippen LogP contribution in [0.15, 0.2) is 18.2 Å². The molecule has 1 fully saturated rings. The monoisotopic (exact) mass is 292 g/mol. The fourth-order valence-corrected chi connectivity index (χ4v) is 3.09. The first-order valence-corrected chi connectivity index (χ1v) is 8.00. The number of nitrogens with zero attached hydrogens (tertiary/aromatic N) is 1. The van der Waals surface area contributed by atoms with Crippen LogP contribution in [0.4, 0.5) is 0 Å². The maximum Gasteiger partial charge on any atom is 0.160 e. The van der Waals surface area contributed by atoms with Crippen LogP contribution < -0.4 is 10.1 Å². The molecular formula is C17H28N2O2. The van der Waals surface area contributed by atoms with Crippen molar-refractivity contribution in [3.05, 3.63) is 23.8 Å². The summed E-state index contributed by atoms with van der Waals surface area (Å²) in [5.74, 6) is 0.753. The largest absolute Gasteiger partial charge is 0.504 e. The Morgan fingerprint density at radius 1 is 1.48 bits per heavy atom. The first-order chi connectivity index (χ1) is 10.2. The Balaban J connectivity index is 2.10. The SMILES string of the molecule is CCCN(CC1CCCN1)C(C)c1ccc(O)c(OC)c1. The van der Waals surface area contributed by atoms with Gasteiger partial charge in [0.15, 0.2) is 11.5 Å². The van der Waals surface area contributed by atoms with Gasteiger partial charge in [-0.3, -0.25) is 4.90 Å². The van der Waals surface area contributed by atoms with E-state index in [0.29, 0.717) is 17.8 Å². The van der Waals surface area contributed by atoms with Crippen molar-refractivity contribution in [1.82, 2.24) is 10.2 Å². The van der Waals surface area contributed by atoms with Gasteiger partial charge < -0.3 is 15.2 Å². The lowest BCUT2D eigenvalue weighted by Gasteiger charge is -2.31. The number of ether oxygens (including phenoxy) is 1. The summed E-state index contributed by atoms with van der Waals surface area (Å²) in [6.45, 7) is 7.77. The second-order valence-electron chi connectivity index (χ2n) is 5.90. The maximum absolute atomic E-state index is 9.74.